The van der Waals surface area contributed by atoms with Gasteiger partial charge in [0, 0.05) is 19.0 Å². The first-order chi connectivity index (χ1) is 15.3. The molecule has 1 aliphatic carbocycles. The van der Waals surface area contributed by atoms with E-state index in [-0.39, 0.29) is 22.7 Å². The number of rotatable bonds is 9. The van der Waals surface area contributed by atoms with Crippen molar-refractivity contribution < 1.29 is 17.9 Å². The molecule has 1 saturated heterocycles. The van der Waals surface area contributed by atoms with Crippen LogP contribution in [0.2, 0.25) is 0 Å². The van der Waals surface area contributed by atoms with Crippen molar-refractivity contribution in [2.45, 2.75) is 68.0 Å². The SMILES string of the molecule is CC(C)Oc1ccc(S(=O)(=O)N2CCCCC2)cc1NC(=O)CSc1n[nH]c(C2CC2)n1. The van der Waals surface area contributed by atoms with Gasteiger partial charge in [0.15, 0.2) is 0 Å². The average molecular weight is 480 g/mol. The number of aromatic nitrogens is 3. The van der Waals surface area contributed by atoms with Crippen LogP contribution in [-0.2, 0) is 14.8 Å². The minimum atomic E-state index is -3.62. The Morgan fingerprint density at radius 1 is 1.28 bits per heavy atom. The Kier molecular flexibility index (Phi) is 7.06. The molecule has 1 amide bonds. The van der Waals surface area contributed by atoms with E-state index in [9.17, 15) is 13.2 Å². The smallest absolute Gasteiger partial charge is 0.243 e. The number of nitrogens with one attached hydrogen (secondary N) is 2. The number of thioether (sulfide) groups is 1. The summed E-state index contributed by atoms with van der Waals surface area (Å²) in [7, 11) is -3.62. The topological polar surface area (TPSA) is 117 Å². The highest BCUT2D eigenvalue weighted by Gasteiger charge is 2.28. The van der Waals surface area contributed by atoms with Crippen LogP contribution in [0.3, 0.4) is 0 Å². The van der Waals surface area contributed by atoms with Gasteiger partial charge in [0.25, 0.3) is 0 Å². The lowest BCUT2D eigenvalue weighted by Crippen LogP contribution is -2.35. The van der Waals surface area contributed by atoms with E-state index in [0.29, 0.717) is 35.6 Å². The highest BCUT2D eigenvalue weighted by atomic mass is 32.2. The normalized spacial score (nSPS) is 17.5. The molecule has 1 aliphatic heterocycles. The first-order valence-corrected chi connectivity index (χ1v) is 13.4. The monoisotopic (exact) mass is 479 g/mol. The van der Waals surface area contributed by atoms with Crippen LogP contribution in [0, 0.1) is 0 Å². The van der Waals surface area contributed by atoms with E-state index in [4.69, 9.17) is 4.74 Å². The largest absolute Gasteiger partial charge is 0.489 e. The molecule has 1 saturated carbocycles. The number of aromatic amines is 1. The van der Waals surface area contributed by atoms with Gasteiger partial charge in [-0.3, -0.25) is 9.89 Å². The molecule has 4 rings (SSSR count). The zero-order valence-corrected chi connectivity index (χ0v) is 20.0. The van der Waals surface area contributed by atoms with Crippen molar-refractivity contribution in [3.8, 4) is 5.75 Å². The number of piperidine rings is 1. The number of carbonyl (C=O) groups excluding carboxylic acids is 1. The quantitative estimate of drug-likeness (QED) is 0.530. The van der Waals surface area contributed by atoms with Crippen LogP contribution in [0.25, 0.3) is 0 Å². The van der Waals surface area contributed by atoms with Gasteiger partial charge in [-0.05, 0) is 57.7 Å². The number of hydrogen-bond acceptors (Lipinski definition) is 7. The van der Waals surface area contributed by atoms with E-state index < -0.39 is 10.0 Å². The Morgan fingerprint density at radius 2 is 2.03 bits per heavy atom. The lowest BCUT2D eigenvalue weighted by molar-refractivity contribution is -0.113. The van der Waals surface area contributed by atoms with Crippen molar-refractivity contribution in [3.05, 3.63) is 24.0 Å². The van der Waals surface area contributed by atoms with Crippen LogP contribution in [0.1, 0.15) is 57.7 Å². The summed E-state index contributed by atoms with van der Waals surface area (Å²) in [4.78, 5) is 17.2. The molecule has 2 heterocycles. The molecule has 0 radical (unpaired) electrons. The Labute approximate surface area is 192 Å². The van der Waals surface area contributed by atoms with Gasteiger partial charge in [-0.15, -0.1) is 5.10 Å². The molecule has 1 aromatic carbocycles. The number of benzene rings is 1. The van der Waals surface area contributed by atoms with Crippen molar-refractivity contribution in [2.24, 2.45) is 0 Å². The maximum absolute atomic E-state index is 13.1. The van der Waals surface area contributed by atoms with Crippen LogP contribution in [-0.4, -0.2) is 58.8 Å². The number of hydrogen-bond donors (Lipinski definition) is 2. The van der Waals surface area contributed by atoms with E-state index in [2.05, 4.69) is 20.5 Å². The minimum absolute atomic E-state index is 0.103. The second-order valence-corrected chi connectivity index (χ2v) is 11.3. The van der Waals surface area contributed by atoms with Gasteiger partial charge in [-0.2, -0.15) is 4.31 Å². The Morgan fingerprint density at radius 3 is 2.72 bits per heavy atom. The molecular formula is C21H29N5O4S2. The minimum Gasteiger partial charge on any atom is -0.489 e. The van der Waals surface area contributed by atoms with E-state index in [1.165, 1.54) is 22.1 Å². The molecular weight excluding hydrogens is 450 g/mol. The maximum Gasteiger partial charge on any atom is 0.243 e. The second kappa shape index (κ2) is 9.80. The average Bonchev–Trinajstić information content (AvgIpc) is 3.51. The molecule has 0 spiro atoms. The van der Waals surface area contributed by atoms with Gasteiger partial charge in [-0.25, -0.2) is 13.4 Å². The van der Waals surface area contributed by atoms with Crippen LogP contribution in [0.15, 0.2) is 28.3 Å². The Bertz CT molecular complexity index is 1060. The van der Waals surface area contributed by atoms with Gasteiger partial charge in [-0.1, -0.05) is 18.2 Å². The number of amides is 1. The van der Waals surface area contributed by atoms with Gasteiger partial charge in [0.05, 0.1) is 22.4 Å². The highest BCUT2D eigenvalue weighted by molar-refractivity contribution is 7.99. The molecule has 2 N–H and O–H groups in total. The van der Waals surface area contributed by atoms with Crippen molar-refractivity contribution in [3.63, 3.8) is 0 Å². The molecule has 1 aromatic heterocycles. The standard InChI is InChI=1S/C21H29N5O4S2/c1-14(2)30-18-9-8-16(32(28,29)26-10-4-3-5-11-26)12-17(18)22-19(27)13-31-21-23-20(24-25-21)15-6-7-15/h8-9,12,14-15H,3-7,10-11,13H2,1-2H3,(H,22,27)(H,23,24,25). The first-order valence-electron chi connectivity index (χ1n) is 11.0. The summed E-state index contributed by atoms with van der Waals surface area (Å²) in [5.74, 6) is 1.59. The molecule has 0 bridgehead atoms. The third-order valence-electron chi connectivity index (χ3n) is 5.32. The predicted octanol–water partition coefficient (Wildman–Crippen LogP) is 3.37. The molecule has 0 atom stereocenters. The molecule has 2 aliphatic rings. The van der Waals surface area contributed by atoms with Crippen molar-refractivity contribution in [2.75, 3.05) is 24.2 Å². The lowest BCUT2D eigenvalue weighted by atomic mass is 10.2. The number of sulfonamides is 1. The third kappa shape index (κ3) is 5.62. The summed E-state index contributed by atoms with van der Waals surface area (Å²) in [6.45, 7) is 4.79. The molecule has 32 heavy (non-hydrogen) atoms. The van der Waals surface area contributed by atoms with Crippen molar-refractivity contribution in [1.29, 1.82) is 0 Å². The van der Waals surface area contributed by atoms with E-state index in [1.54, 1.807) is 12.1 Å². The highest BCUT2D eigenvalue weighted by Crippen LogP contribution is 2.38. The van der Waals surface area contributed by atoms with Crippen LogP contribution in [0.4, 0.5) is 5.69 Å². The number of nitrogens with zero attached hydrogens (tertiary/aromatic N) is 3. The fourth-order valence-corrected chi connectivity index (χ4v) is 5.71. The summed E-state index contributed by atoms with van der Waals surface area (Å²) < 4.78 is 33.5. The summed E-state index contributed by atoms with van der Waals surface area (Å²) >= 11 is 1.23. The van der Waals surface area contributed by atoms with Gasteiger partial charge in [0.2, 0.25) is 21.1 Å². The zero-order valence-electron chi connectivity index (χ0n) is 18.3. The number of H-pyrrole nitrogens is 1. The fraction of sp³-hybridized carbons (Fsp3) is 0.571. The van der Waals surface area contributed by atoms with Crippen LogP contribution in [0.5, 0.6) is 5.75 Å². The first kappa shape index (κ1) is 23.1. The molecule has 2 aromatic rings. The molecule has 0 unspecified atom stereocenters. The van der Waals surface area contributed by atoms with E-state index in [0.717, 1.165) is 37.9 Å². The lowest BCUT2D eigenvalue weighted by Gasteiger charge is -2.26. The molecule has 9 nitrogen and oxygen atoms in total. The molecule has 174 valence electrons. The predicted molar refractivity (Wildman–Crippen MR) is 123 cm³/mol. The van der Waals surface area contributed by atoms with Crippen LogP contribution < -0.4 is 10.1 Å². The number of anilines is 1. The maximum atomic E-state index is 13.1. The summed E-state index contributed by atoms with van der Waals surface area (Å²) in [6, 6.07) is 4.64. The summed E-state index contributed by atoms with van der Waals surface area (Å²) in [5, 5.41) is 10.4. The summed E-state index contributed by atoms with van der Waals surface area (Å²) in [6.07, 6.45) is 4.87. The number of carbonyl (C=O) groups is 1. The fourth-order valence-electron chi connectivity index (χ4n) is 3.56. The second-order valence-electron chi connectivity index (χ2n) is 8.40. The van der Waals surface area contributed by atoms with Gasteiger partial charge in [0.1, 0.15) is 11.6 Å². The van der Waals surface area contributed by atoms with Crippen molar-refractivity contribution >= 4 is 33.4 Å². The van der Waals surface area contributed by atoms with Crippen LogP contribution >= 0.6 is 11.8 Å². The third-order valence-corrected chi connectivity index (χ3v) is 8.06. The van der Waals surface area contributed by atoms with Gasteiger partial charge >= 0.3 is 0 Å². The van der Waals surface area contributed by atoms with Crippen molar-refractivity contribution in [1.82, 2.24) is 19.5 Å². The molecule has 11 heteroatoms. The zero-order chi connectivity index (χ0) is 22.7. The Balaban J connectivity index is 1.47. The molecule has 2 fully saturated rings. The van der Waals surface area contributed by atoms with E-state index >= 15 is 0 Å². The number of ether oxygens (including phenoxy) is 1. The van der Waals surface area contributed by atoms with E-state index in [1.807, 2.05) is 13.8 Å². The summed E-state index contributed by atoms with van der Waals surface area (Å²) in [5.41, 5.74) is 0.344. The van der Waals surface area contributed by atoms with Gasteiger partial charge < -0.3 is 10.1 Å². The Hall–Kier alpha value is -2.11.